The molecular formula is C18H33N3O2. The number of rotatable bonds is 5. The molecule has 3 saturated heterocycles. The second-order valence-electron chi connectivity index (χ2n) is 7.42. The van der Waals surface area contributed by atoms with Crippen molar-refractivity contribution in [1.82, 2.24) is 15.1 Å². The molecule has 0 aliphatic carbocycles. The lowest BCUT2D eigenvalue weighted by Gasteiger charge is -2.38. The largest absolute Gasteiger partial charge is 0.376 e. The predicted octanol–water partition coefficient (Wildman–Crippen LogP) is 1.62. The van der Waals surface area contributed by atoms with E-state index >= 15 is 0 Å². The summed E-state index contributed by atoms with van der Waals surface area (Å²) in [6.07, 6.45) is 10.4. The summed E-state index contributed by atoms with van der Waals surface area (Å²) in [5.41, 5.74) is 0. The van der Waals surface area contributed by atoms with E-state index in [-0.39, 0.29) is 12.0 Å². The highest BCUT2D eigenvalue weighted by molar-refractivity contribution is 5.78. The fraction of sp³-hybridized carbons (Fsp3) is 0.944. The molecule has 0 aromatic carbocycles. The number of hydrogen-bond acceptors (Lipinski definition) is 4. The van der Waals surface area contributed by atoms with Crippen LogP contribution in [-0.4, -0.2) is 73.7 Å². The number of likely N-dealkylation sites (tertiary alicyclic amines) is 2. The van der Waals surface area contributed by atoms with Gasteiger partial charge in [-0.3, -0.25) is 14.6 Å². The van der Waals surface area contributed by atoms with Crippen LogP contribution in [0.25, 0.3) is 0 Å². The molecule has 23 heavy (non-hydrogen) atoms. The molecule has 0 aromatic heterocycles. The summed E-state index contributed by atoms with van der Waals surface area (Å²) in [6, 6.07) is 0.660. The second-order valence-corrected chi connectivity index (χ2v) is 7.42. The van der Waals surface area contributed by atoms with E-state index in [4.69, 9.17) is 4.74 Å². The van der Waals surface area contributed by atoms with E-state index in [0.717, 1.165) is 32.5 Å². The van der Waals surface area contributed by atoms with E-state index in [2.05, 4.69) is 15.1 Å². The molecule has 0 bridgehead atoms. The molecule has 1 N–H and O–H groups in total. The van der Waals surface area contributed by atoms with E-state index in [1.54, 1.807) is 0 Å². The van der Waals surface area contributed by atoms with Crippen molar-refractivity contribution in [2.75, 3.05) is 45.9 Å². The van der Waals surface area contributed by atoms with Gasteiger partial charge in [-0.1, -0.05) is 12.8 Å². The minimum atomic E-state index is 0.164. The second kappa shape index (κ2) is 9.00. The van der Waals surface area contributed by atoms with Gasteiger partial charge in [0.2, 0.25) is 5.91 Å². The third-order valence-electron chi connectivity index (χ3n) is 5.56. The molecule has 3 aliphatic rings. The van der Waals surface area contributed by atoms with Gasteiger partial charge >= 0.3 is 0 Å². The molecule has 0 spiro atoms. The van der Waals surface area contributed by atoms with Gasteiger partial charge in [-0.15, -0.1) is 0 Å². The van der Waals surface area contributed by atoms with Gasteiger partial charge in [0.15, 0.2) is 0 Å². The lowest BCUT2D eigenvalue weighted by atomic mass is 10.0. The van der Waals surface area contributed by atoms with Gasteiger partial charge in [0.05, 0.1) is 12.6 Å². The molecule has 5 nitrogen and oxygen atoms in total. The molecule has 0 saturated carbocycles. The molecule has 3 rings (SSSR count). The van der Waals surface area contributed by atoms with Crippen LogP contribution >= 0.6 is 0 Å². The summed E-state index contributed by atoms with van der Waals surface area (Å²) in [4.78, 5) is 17.2. The number of hydrogen-bond donors (Lipinski definition) is 1. The molecule has 3 aliphatic heterocycles. The molecule has 2 atom stereocenters. The summed E-state index contributed by atoms with van der Waals surface area (Å²) >= 11 is 0. The van der Waals surface area contributed by atoms with E-state index in [9.17, 15) is 4.79 Å². The SMILES string of the molecule is O=C(CN1CCCC(N2CCCCCC2)C1)NCC1CCCO1. The average Bonchev–Trinajstić information content (AvgIpc) is 2.93. The van der Waals surface area contributed by atoms with Crippen molar-refractivity contribution in [2.24, 2.45) is 0 Å². The van der Waals surface area contributed by atoms with Crippen LogP contribution in [0.4, 0.5) is 0 Å². The van der Waals surface area contributed by atoms with Crippen LogP contribution in [0.1, 0.15) is 51.4 Å². The molecule has 3 fully saturated rings. The topological polar surface area (TPSA) is 44.8 Å². The molecular weight excluding hydrogens is 290 g/mol. The Morgan fingerprint density at radius 1 is 1.00 bits per heavy atom. The highest BCUT2D eigenvalue weighted by Crippen LogP contribution is 2.20. The van der Waals surface area contributed by atoms with Gasteiger partial charge in [0, 0.05) is 25.7 Å². The fourth-order valence-corrected chi connectivity index (χ4v) is 4.23. The van der Waals surface area contributed by atoms with Crippen LogP contribution in [0.15, 0.2) is 0 Å². The van der Waals surface area contributed by atoms with Crippen LogP contribution in [0.3, 0.4) is 0 Å². The Kier molecular flexibility index (Phi) is 6.72. The Morgan fingerprint density at radius 3 is 2.57 bits per heavy atom. The number of ether oxygens (including phenoxy) is 1. The highest BCUT2D eigenvalue weighted by Gasteiger charge is 2.26. The van der Waals surface area contributed by atoms with Gasteiger partial charge in [-0.2, -0.15) is 0 Å². The first-order valence-electron chi connectivity index (χ1n) is 9.66. The normalized spacial score (nSPS) is 31.0. The van der Waals surface area contributed by atoms with E-state index in [1.807, 2.05) is 0 Å². The van der Waals surface area contributed by atoms with Gasteiger partial charge in [0.25, 0.3) is 0 Å². The van der Waals surface area contributed by atoms with Crippen molar-refractivity contribution in [1.29, 1.82) is 0 Å². The zero-order chi connectivity index (χ0) is 15.9. The Hall–Kier alpha value is -0.650. The maximum absolute atomic E-state index is 12.2. The highest BCUT2D eigenvalue weighted by atomic mass is 16.5. The predicted molar refractivity (Wildman–Crippen MR) is 91.5 cm³/mol. The Labute approximate surface area is 140 Å². The smallest absolute Gasteiger partial charge is 0.234 e. The van der Waals surface area contributed by atoms with Crippen LogP contribution in [0, 0.1) is 0 Å². The number of carbonyl (C=O) groups excluding carboxylic acids is 1. The van der Waals surface area contributed by atoms with E-state index in [1.165, 1.54) is 51.6 Å². The Balaban J connectivity index is 1.39. The van der Waals surface area contributed by atoms with Gasteiger partial charge < -0.3 is 10.1 Å². The summed E-state index contributed by atoms with van der Waals surface area (Å²) in [7, 11) is 0. The zero-order valence-corrected chi connectivity index (χ0v) is 14.5. The lowest BCUT2D eigenvalue weighted by Crippen LogP contribution is -2.51. The minimum absolute atomic E-state index is 0.164. The maximum atomic E-state index is 12.2. The summed E-state index contributed by atoms with van der Waals surface area (Å²) in [5.74, 6) is 0.164. The summed E-state index contributed by atoms with van der Waals surface area (Å²) in [6.45, 7) is 6.72. The van der Waals surface area contributed by atoms with Gasteiger partial charge in [-0.05, 0) is 58.2 Å². The number of carbonyl (C=O) groups is 1. The van der Waals surface area contributed by atoms with Crippen molar-refractivity contribution >= 4 is 5.91 Å². The molecule has 1 amide bonds. The minimum Gasteiger partial charge on any atom is -0.376 e. The molecule has 0 radical (unpaired) electrons. The Bertz CT molecular complexity index is 363. The molecule has 2 unspecified atom stereocenters. The van der Waals surface area contributed by atoms with Gasteiger partial charge in [-0.25, -0.2) is 0 Å². The molecule has 5 heteroatoms. The maximum Gasteiger partial charge on any atom is 0.234 e. The van der Waals surface area contributed by atoms with Crippen molar-refractivity contribution < 1.29 is 9.53 Å². The van der Waals surface area contributed by atoms with E-state index in [0.29, 0.717) is 19.1 Å². The molecule has 132 valence electrons. The molecule has 0 aromatic rings. The number of amides is 1. The fourth-order valence-electron chi connectivity index (χ4n) is 4.23. The van der Waals surface area contributed by atoms with Crippen molar-refractivity contribution in [3.8, 4) is 0 Å². The monoisotopic (exact) mass is 323 g/mol. The average molecular weight is 323 g/mol. The summed E-state index contributed by atoms with van der Waals surface area (Å²) in [5, 5.41) is 3.06. The molecule has 3 heterocycles. The standard InChI is InChI=1S/C18H33N3O2/c22-18(19-13-17-8-6-12-23-17)15-20-9-5-7-16(14-20)21-10-3-1-2-4-11-21/h16-17H,1-15H2,(H,19,22). The first-order chi connectivity index (χ1) is 11.3. The van der Waals surface area contributed by atoms with Crippen LogP contribution in [0.5, 0.6) is 0 Å². The van der Waals surface area contributed by atoms with Gasteiger partial charge in [0.1, 0.15) is 0 Å². The van der Waals surface area contributed by atoms with Crippen molar-refractivity contribution in [2.45, 2.75) is 63.5 Å². The number of nitrogens with zero attached hydrogens (tertiary/aromatic N) is 2. The van der Waals surface area contributed by atoms with Crippen molar-refractivity contribution in [3.63, 3.8) is 0 Å². The first-order valence-corrected chi connectivity index (χ1v) is 9.66. The Morgan fingerprint density at radius 2 is 1.83 bits per heavy atom. The zero-order valence-electron chi connectivity index (χ0n) is 14.5. The van der Waals surface area contributed by atoms with Crippen LogP contribution in [-0.2, 0) is 9.53 Å². The van der Waals surface area contributed by atoms with Crippen LogP contribution < -0.4 is 5.32 Å². The first kappa shape index (κ1) is 17.2. The summed E-state index contributed by atoms with van der Waals surface area (Å²) < 4.78 is 5.57. The van der Waals surface area contributed by atoms with Crippen molar-refractivity contribution in [3.05, 3.63) is 0 Å². The lowest BCUT2D eigenvalue weighted by molar-refractivity contribution is -0.123. The van der Waals surface area contributed by atoms with E-state index < -0.39 is 0 Å². The quantitative estimate of drug-likeness (QED) is 0.835. The van der Waals surface area contributed by atoms with Crippen LogP contribution in [0.2, 0.25) is 0 Å². The number of nitrogens with one attached hydrogen (secondary N) is 1. The number of piperidine rings is 1. The third-order valence-corrected chi connectivity index (χ3v) is 5.56. The third kappa shape index (κ3) is 5.44.